The molecule has 0 heterocycles. The van der Waals surface area contributed by atoms with Crippen LogP contribution in [0.4, 0.5) is 0 Å². The number of benzene rings is 2. The molecular weight excluding hydrogens is 386 g/mol. The quantitative estimate of drug-likeness (QED) is 0.463. The maximum atomic E-state index is 12.4. The Morgan fingerprint density at radius 2 is 1.57 bits per heavy atom. The van der Waals surface area contributed by atoms with E-state index in [1.165, 1.54) is 39.4 Å². The fourth-order valence-electron chi connectivity index (χ4n) is 2.25. The Kier molecular flexibility index (Phi) is 7.24. The number of ether oxygens (including phenoxy) is 4. The van der Waals surface area contributed by atoms with Crippen molar-refractivity contribution in [1.82, 2.24) is 4.31 Å². The summed E-state index contributed by atoms with van der Waals surface area (Å²) in [4.78, 5) is 12.1. The average Bonchev–Trinajstić information content (AvgIpc) is 2.70. The van der Waals surface area contributed by atoms with Crippen molar-refractivity contribution in [1.29, 1.82) is 0 Å². The van der Waals surface area contributed by atoms with Crippen LogP contribution in [0.1, 0.15) is 10.4 Å². The molecule has 0 fully saturated rings. The normalized spacial score (nSPS) is 11.2. The lowest BCUT2D eigenvalue weighted by atomic mass is 10.2. The highest BCUT2D eigenvalue weighted by Crippen LogP contribution is 2.27. The van der Waals surface area contributed by atoms with Gasteiger partial charge < -0.3 is 18.9 Å². The molecule has 2 rings (SSSR count). The molecule has 0 aliphatic heterocycles. The van der Waals surface area contributed by atoms with Crippen molar-refractivity contribution in [3.05, 3.63) is 48.0 Å². The van der Waals surface area contributed by atoms with E-state index >= 15 is 0 Å². The molecular formula is C19H23NO7S. The van der Waals surface area contributed by atoms with Gasteiger partial charge >= 0.3 is 5.97 Å². The van der Waals surface area contributed by atoms with Crippen molar-refractivity contribution < 1.29 is 32.2 Å². The molecule has 152 valence electrons. The lowest BCUT2D eigenvalue weighted by Gasteiger charge is -2.15. The fourth-order valence-corrected chi connectivity index (χ4v) is 3.33. The first-order chi connectivity index (χ1) is 13.3. The van der Waals surface area contributed by atoms with Gasteiger partial charge in [-0.1, -0.05) is 0 Å². The molecule has 0 bridgehead atoms. The molecule has 2 aromatic rings. The van der Waals surface area contributed by atoms with Crippen molar-refractivity contribution in [2.75, 3.05) is 41.5 Å². The van der Waals surface area contributed by atoms with Gasteiger partial charge in [-0.15, -0.1) is 0 Å². The summed E-state index contributed by atoms with van der Waals surface area (Å²) in [6.07, 6.45) is 0. The first-order valence-electron chi connectivity index (χ1n) is 8.34. The molecule has 0 saturated carbocycles. The molecule has 0 atom stereocenters. The Hall–Kier alpha value is -2.78. The van der Waals surface area contributed by atoms with Crippen molar-refractivity contribution in [3.63, 3.8) is 0 Å². The average molecular weight is 409 g/mol. The van der Waals surface area contributed by atoms with E-state index in [-0.39, 0.29) is 29.4 Å². The van der Waals surface area contributed by atoms with E-state index in [9.17, 15) is 13.2 Å². The van der Waals surface area contributed by atoms with E-state index in [1.54, 1.807) is 31.4 Å². The topological polar surface area (TPSA) is 91.4 Å². The highest BCUT2D eigenvalue weighted by Gasteiger charge is 2.24. The number of carbonyl (C=O) groups is 1. The summed E-state index contributed by atoms with van der Waals surface area (Å²) < 4.78 is 46.7. The van der Waals surface area contributed by atoms with Crippen molar-refractivity contribution in [2.24, 2.45) is 0 Å². The molecule has 0 aliphatic rings. The molecule has 0 aromatic heterocycles. The summed E-state index contributed by atoms with van der Waals surface area (Å²) in [5.41, 5.74) is 0.102. The minimum absolute atomic E-state index is 0.00660. The monoisotopic (exact) mass is 409 g/mol. The number of esters is 1. The van der Waals surface area contributed by atoms with Crippen LogP contribution in [-0.2, 0) is 14.8 Å². The van der Waals surface area contributed by atoms with E-state index in [4.69, 9.17) is 18.9 Å². The summed E-state index contributed by atoms with van der Waals surface area (Å²) in [5, 5.41) is 0. The molecule has 0 N–H and O–H groups in total. The first-order valence-corrected chi connectivity index (χ1v) is 9.78. The van der Waals surface area contributed by atoms with Crippen molar-refractivity contribution in [2.45, 2.75) is 4.90 Å². The van der Waals surface area contributed by atoms with Gasteiger partial charge in [-0.3, -0.25) is 0 Å². The van der Waals surface area contributed by atoms with Crippen molar-refractivity contribution >= 4 is 16.0 Å². The maximum absolute atomic E-state index is 12.4. The smallest absolute Gasteiger partial charge is 0.338 e. The number of hydrogen-bond acceptors (Lipinski definition) is 7. The van der Waals surface area contributed by atoms with Gasteiger partial charge in [-0.2, -0.15) is 0 Å². The standard InChI is InChI=1S/C19H23NO7S/c1-20(2)28(22,23)18-13-14(5-10-17(18)25-4)19(21)27-12-11-26-16-8-6-15(24-3)7-9-16/h5-10,13H,11-12H2,1-4H3. The minimum Gasteiger partial charge on any atom is -0.497 e. The number of sulfonamides is 1. The summed E-state index contributed by atoms with van der Waals surface area (Å²) in [6.45, 7) is 0.156. The molecule has 28 heavy (non-hydrogen) atoms. The largest absolute Gasteiger partial charge is 0.497 e. The fraction of sp³-hybridized carbons (Fsp3) is 0.316. The predicted molar refractivity (Wildman–Crippen MR) is 103 cm³/mol. The molecule has 0 amide bonds. The maximum Gasteiger partial charge on any atom is 0.338 e. The molecule has 2 aromatic carbocycles. The zero-order valence-corrected chi connectivity index (χ0v) is 17.0. The Morgan fingerprint density at radius 1 is 0.929 bits per heavy atom. The zero-order chi connectivity index (χ0) is 20.7. The lowest BCUT2D eigenvalue weighted by molar-refractivity contribution is 0.0450. The molecule has 0 aliphatic carbocycles. The van der Waals surface area contributed by atoms with Crippen LogP contribution in [0.3, 0.4) is 0 Å². The molecule has 8 nitrogen and oxygen atoms in total. The van der Waals surface area contributed by atoms with Crippen LogP contribution in [0.25, 0.3) is 0 Å². The van der Waals surface area contributed by atoms with Gasteiger partial charge in [-0.05, 0) is 42.5 Å². The van der Waals surface area contributed by atoms with Gasteiger partial charge in [0.05, 0.1) is 19.8 Å². The lowest BCUT2D eigenvalue weighted by Crippen LogP contribution is -2.23. The molecule has 0 radical (unpaired) electrons. The highest BCUT2D eigenvalue weighted by molar-refractivity contribution is 7.89. The van der Waals surface area contributed by atoms with E-state index in [0.717, 1.165) is 4.31 Å². The number of hydrogen-bond donors (Lipinski definition) is 0. The highest BCUT2D eigenvalue weighted by atomic mass is 32.2. The number of carbonyl (C=O) groups excluding carboxylic acids is 1. The second kappa shape index (κ2) is 9.43. The third-order valence-electron chi connectivity index (χ3n) is 3.80. The molecule has 0 unspecified atom stereocenters. The predicted octanol–water partition coefficient (Wildman–Crippen LogP) is 2.19. The summed E-state index contributed by atoms with van der Waals surface area (Å²) in [7, 11) is 1.95. The molecule has 0 saturated heterocycles. The van der Waals surface area contributed by atoms with Gasteiger partial charge in [0.25, 0.3) is 0 Å². The van der Waals surface area contributed by atoms with E-state index in [2.05, 4.69) is 0 Å². The molecule has 9 heteroatoms. The van der Waals surface area contributed by atoms with Gasteiger partial charge in [0.15, 0.2) is 0 Å². The van der Waals surface area contributed by atoms with Gasteiger partial charge in [0.1, 0.15) is 35.4 Å². The van der Waals surface area contributed by atoms with Gasteiger partial charge in [0, 0.05) is 14.1 Å². The molecule has 0 spiro atoms. The Morgan fingerprint density at radius 3 is 2.14 bits per heavy atom. The Balaban J connectivity index is 2.00. The summed E-state index contributed by atoms with van der Waals surface area (Å²) >= 11 is 0. The first kappa shape index (κ1) is 21.5. The summed E-state index contributed by atoms with van der Waals surface area (Å²) in [5.74, 6) is 0.812. The van der Waals surface area contributed by atoms with Crippen LogP contribution >= 0.6 is 0 Å². The third kappa shape index (κ3) is 5.14. The third-order valence-corrected chi connectivity index (χ3v) is 5.64. The van der Waals surface area contributed by atoms with Gasteiger partial charge in [-0.25, -0.2) is 17.5 Å². The Labute approximate surface area is 164 Å². The van der Waals surface area contributed by atoms with Crippen LogP contribution in [0.5, 0.6) is 17.2 Å². The van der Waals surface area contributed by atoms with Gasteiger partial charge in [0.2, 0.25) is 10.0 Å². The second-order valence-corrected chi connectivity index (χ2v) is 7.93. The second-order valence-electron chi connectivity index (χ2n) is 5.81. The van der Waals surface area contributed by atoms with Crippen LogP contribution in [0.2, 0.25) is 0 Å². The number of methoxy groups -OCH3 is 2. The van der Waals surface area contributed by atoms with Crippen molar-refractivity contribution in [3.8, 4) is 17.2 Å². The Bertz CT molecular complexity index is 908. The minimum atomic E-state index is -3.78. The van der Waals surface area contributed by atoms with Crippen LogP contribution < -0.4 is 14.2 Å². The summed E-state index contributed by atoms with van der Waals surface area (Å²) in [6, 6.07) is 11.1. The van der Waals surface area contributed by atoms with E-state index in [0.29, 0.717) is 11.5 Å². The van der Waals surface area contributed by atoms with E-state index < -0.39 is 16.0 Å². The van der Waals surface area contributed by atoms with E-state index in [1.807, 2.05) is 0 Å². The SMILES string of the molecule is COc1ccc(OCCOC(=O)c2ccc(OC)c(S(=O)(=O)N(C)C)c2)cc1. The number of nitrogens with zero attached hydrogens (tertiary/aromatic N) is 1. The van der Waals surface area contributed by atoms with Crippen LogP contribution in [0.15, 0.2) is 47.4 Å². The van der Waals surface area contributed by atoms with Crippen LogP contribution in [-0.4, -0.2) is 60.2 Å². The zero-order valence-electron chi connectivity index (χ0n) is 16.2. The number of rotatable bonds is 9. The van der Waals surface area contributed by atoms with Crippen LogP contribution in [0, 0.1) is 0 Å².